The van der Waals surface area contributed by atoms with E-state index in [1.54, 1.807) is 6.92 Å². The first-order chi connectivity index (χ1) is 6.57. The van der Waals surface area contributed by atoms with E-state index in [1.165, 1.54) is 0 Å². The predicted molar refractivity (Wildman–Crippen MR) is 61.4 cm³/mol. The van der Waals surface area contributed by atoms with Crippen LogP contribution in [0.1, 0.15) is 42.9 Å². The van der Waals surface area contributed by atoms with Crippen molar-refractivity contribution < 1.29 is 9.53 Å². The van der Waals surface area contributed by atoms with Crippen LogP contribution in [0, 0.1) is 3.57 Å². The zero-order chi connectivity index (χ0) is 10.7. The number of carbonyl (C=O) groups is 1. The van der Waals surface area contributed by atoms with Crippen molar-refractivity contribution in [3.63, 3.8) is 0 Å². The number of carbonyl (C=O) groups excluding carboxylic acids is 1. The number of esters is 1. The van der Waals surface area contributed by atoms with E-state index in [1.807, 2.05) is 13.8 Å². The Morgan fingerprint density at radius 3 is 2.71 bits per heavy atom. The first kappa shape index (κ1) is 11.5. The van der Waals surface area contributed by atoms with Crippen molar-refractivity contribution in [1.82, 2.24) is 10.2 Å². The van der Waals surface area contributed by atoms with Gasteiger partial charge in [-0.15, -0.1) is 0 Å². The van der Waals surface area contributed by atoms with Gasteiger partial charge in [0.15, 0.2) is 5.69 Å². The zero-order valence-corrected chi connectivity index (χ0v) is 10.6. The summed E-state index contributed by atoms with van der Waals surface area (Å²) in [4.78, 5) is 11.4. The number of rotatable bonds is 3. The number of aromatic nitrogens is 2. The maximum Gasteiger partial charge on any atom is 0.359 e. The lowest BCUT2D eigenvalue weighted by Gasteiger charge is -2.01. The van der Waals surface area contributed by atoms with Crippen molar-refractivity contribution in [1.29, 1.82) is 0 Å². The maximum absolute atomic E-state index is 11.4. The van der Waals surface area contributed by atoms with Crippen molar-refractivity contribution in [2.45, 2.75) is 26.7 Å². The first-order valence-corrected chi connectivity index (χ1v) is 5.56. The fourth-order valence-corrected chi connectivity index (χ4v) is 2.14. The van der Waals surface area contributed by atoms with Crippen LogP contribution in [-0.2, 0) is 4.74 Å². The summed E-state index contributed by atoms with van der Waals surface area (Å²) >= 11 is 2.11. The molecule has 14 heavy (non-hydrogen) atoms. The average molecular weight is 308 g/mol. The number of ether oxygens (including phenoxy) is 1. The molecule has 78 valence electrons. The highest BCUT2D eigenvalue weighted by atomic mass is 127. The number of nitrogens with zero attached hydrogens (tertiary/aromatic N) is 1. The molecule has 0 bridgehead atoms. The molecular formula is C9H13IN2O2. The highest BCUT2D eigenvalue weighted by Crippen LogP contribution is 2.21. The van der Waals surface area contributed by atoms with Crippen molar-refractivity contribution in [2.75, 3.05) is 6.61 Å². The third-order valence-electron chi connectivity index (χ3n) is 1.78. The van der Waals surface area contributed by atoms with Gasteiger partial charge in [0.25, 0.3) is 0 Å². The minimum Gasteiger partial charge on any atom is -0.461 e. The van der Waals surface area contributed by atoms with Crippen LogP contribution in [0.5, 0.6) is 0 Å². The predicted octanol–water partition coefficient (Wildman–Crippen LogP) is 2.31. The monoisotopic (exact) mass is 308 g/mol. The lowest BCUT2D eigenvalue weighted by atomic mass is 10.1. The Kier molecular flexibility index (Phi) is 3.91. The van der Waals surface area contributed by atoms with E-state index in [0.717, 1.165) is 9.26 Å². The van der Waals surface area contributed by atoms with Crippen molar-refractivity contribution in [2.24, 2.45) is 0 Å². The second-order valence-corrected chi connectivity index (χ2v) is 4.25. The van der Waals surface area contributed by atoms with Gasteiger partial charge in [-0.25, -0.2) is 4.79 Å². The molecule has 1 aromatic heterocycles. The maximum atomic E-state index is 11.4. The van der Waals surface area contributed by atoms with Crippen molar-refractivity contribution in [3.05, 3.63) is 15.0 Å². The van der Waals surface area contributed by atoms with E-state index in [0.29, 0.717) is 18.2 Å². The molecule has 1 N–H and O–H groups in total. The van der Waals surface area contributed by atoms with Crippen LogP contribution < -0.4 is 0 Å². The molecule has 1 rings (SSSR count). The topological polar surface area (TPSA) is 55.0 Å². The Morgan fingerprint density at radius 2 is 2.29 bits per heavy atom. The summed E-state index contributed by atoms with van der Waals surface area (Å²) in [7, 11) is 0. The third kappa shape index (κ3) is 2.26. The van der Waals surface area contributed by atoms with E-state index >= 15 is 0 Å². The fourth-order valence-electron chi connectivity index (χ4n) is 1.06. The molecule has 5 heteroatoms. The molecular weight excluding hydrogens is 295 g/mol. The molecule has 1 heterocycles. The molecule has 0 aliphatic rings. The molecule has 0 radical (unpaired) electrons. The number of hydrogen-bond donors (Lipinski definition) is 1. The van der Waals surface area contributed by atoms with Crippen molar-refractivity contribution >= 4 is 28.6 Å². The number of hydrogen-bond acceptors (Lipinski definition) is 3. The summed E-state index contributed by atoms with van der Waals surface area (Å²) in [5.41, 5.74) is 1.37. The number of nitrogens with one attached hydrogen (secondary N) is 1. The van der Waals surface area contributed by atoms with Crippen LogP contribution in [0.15, 0.2) is 0 Å². The van der Waals surface area contributed by atoms with E-state index in [9.17, 15) is 4.79 Å². The molecule has 0 fully saturated rings. The van der Waals surface area contributed by atoms with Crippen LogP contribution in [0.2, 0.25) is 0 Å². The van der Waals surface area contributed by atoms with Gasteiger partial charge in [0, 0.05) is 0 Å². The van der Waals surface area contributed by atoms with Crippen LogP contribution in [-0.4, -0.2) is 22.8 Å². The third-order valence-corrected chi connectivity index (χ3v) is 2.87. The summed E-state index contributed by atoms with van der Waals surface area (Å²) in [5, 5.41) is 6.80. The molecule has 0 spiro atoms. The number of H-pyrrole nitrogens is 1. The quantitative estimate of drug-likeness (QED) is 0.689. The Labute approximate surface area is 96.6 Å². The van der Waals surface area contributed by atoms with E-state index < -0.39 is 0 Å². The van der Waals surface area contributed by atoms with Gasteiger partial charge in [-0.05, 0) is 35.4 Å². The molecule has 0 amide bonds. The number of aromatic amines is 1. The van der Waals surface area contributed by atoms with E-state index in [2.05, 4.69) is 32.8 Å². The first-order valence-electron chi connectivity index (χ1n) is 4.48. The minimum atomic E-state index is -0.361. The highest BCUT2D eigenvalue weighted by Gasteiger charge is 2.19. The molecule has 0 unspecified atom stereocenters. The van der Waals surface area contributed by atoms with Gasteiger partial charge in [-0.3, -0.25) is 5.10 Å². The SMILES string of the molecule is CCOC(=O)c1n[nH]c(C(C)C)c1I. The largest absolute Gasteiger partial charge is 0.461 e. The molecule has 0 saturated heterocycles. The molecule has 0 aromatic carbocycles. The van der Waals surface area contributed by atoms with Gasteiger partial charge in [0.1, 0.15) is 0 Å². The van der Waals surface area contributed by atoms with Gasteiger partial charge in [0.2, 0.25) is 0 Å². The smallest absolute Gasteiger partial charge is 0.359 e. The molecule has 0 aliphatic heterocycles. The summed E-state index contributed by atoms with van der Waals surface area (Å²) in [5.74, 6) is -0.0300. The minimum absolute atomic E-state index is 0.331. The molecule has 4 nitrogen and oxygen atoms in total. The second kappa shape index (κ2) is 4.77. The lowest BCUT2D eigenvalue weighted by molar-refractivity contribution is 0.0518. The average Bonchev–Trinajstić information content (AvgIpc) is 2.47. The fraction of sp³-hybridized carbons (Fsp3) is 0.556. The molecule has 0 atom stereocenters. The van der Waals surface area contributed by atoms with Gasteiger partial charge < -0.3 is 4.74 Å². The highest BCUT2D eigenvalue weighted by molar-refractivity contribution is 14.1. The molecule has 1 aromatic rings. The normalized spacial score (nSPS) is 10.6. The van der Waals surface area contributed by atoms with Crippen molar-refractivity contribution in [3.8, 4) is 0 Å². The Bertz CT molecular complexity index is 334. The van der Waals surface area contributed by atoms with Crippen LogP contribution in [0.3, 0.4) is 0 Å². The van der Waals surface area contributed by atoms with Gasteiger partial charge in [0.05, 0.1) is 15.9 Å². The summed E-state index contributed by atoms with van der Waals surface area (Å²) in [6, 6.07) is 0. The molecule has 0 aliphatic carbocycles. The van der Waals surface area contributed by atoms with Gasteiger partial charge >= 0.3 is 5.97 Å². The summed E-state index contributed by atoms with van der Waals surface area (Å²) in [6.07, 6.45) is 0. The standard InChI is InChI=1S/C9H13IN2O2/c1-4-14-9(13)8-6(10)7(5(2)3)11-12-8/h5H,4H2,1-3H3,(H,11,12). The second-order valence-electron chi connectivity index (χ2n) is 3.18. The van der Waals surface area contributed by atoms with Crippen LogP contribution in [0.25, 0.3) is 0 Å². The van der Waals surface area contributed by atoms with Gasteiger partial charge in [-0.2, -0.15) is 5.10 Å². The Balaban J connectivity index is 2.95. The lowest BCUT2D eigenvalue weighted by Crippen LogP contribution is -2.06. The Morgan fingerprint density at radius 1 is 1.64 bits per heavy atom. The zero-order valence-electron chi connectivity index (χ0n) is 8.43. The van der Waals surface area contributed by atoms with Crippen LogP contribution in [0.4, 0.5) is 0 Å². The van der Waals surface area contributed by atoms with Gasteiger partial charge in [-0.1, -0.05) is 13.8 Å². The van der Waals surface area contributed by atoms with E-state index in [-0.39, 0.29) is 5.97 Å². The summed E-state index contributed by atoms with van der Waals surface area (Å²) < 4.78 is 5.73. The van der Waals surface area contributed by atoms with Crippen LogP contribution >= 0.6 is 22.6 Å². The Hall–Kier alpha value is -0.590. The molecule has 0 saturated carbocycles. The van der Waals surface area contributed by atoms with E-state index in [4.69, 9.17) is 4.74 Å². The summed E-state index contributed by atoms with van der Waals surface area (Å²) in [6.45, 7) is 6.24. The number of halogens is 1.